The lowest BCUT2D eigenvalue weighted by molar-refractivity contribution is 0.596. The first-order chi connectivity index (χ1) is 6.20. The second-order valence-electron chi connectivity index (χ2n) is 3.32. The Balaban J connectivity index is 3.13. The summed E-state index contributed by atoms with van der Waals surface area (Å²) in [7, 11) is 1.79. The summed E-state index contributed by atoms with van der Waals surface area (Å²) >= 11 is 0. The number of hydrogen-bond donors (Lipinski definition) is 0. The molecule has 1 rings (SSSR count). The average Bonchev–Trinajstić information content (AvgIpc) is 2.48. The number of imidazole rings is 1. The fourth-order valence-electron chi connectivity index (χ4n) is 1.36. The molecule has 0 amide bonds. The zero-order valence-electron chi connectivity index (χ0n) is 8.78. The van der Waals surface area contributed by atoms with Crippen molar-refractivity contribution in [3.8, 4) is 0 Å². The van der Waals surface area contributed by atoms with Crippen LogP contribution in [0, 0.1) is 0 Å². The molecular weight excluding hydrogens is 162 g/mol. The molecule has 3 heteroatoms. The van der Waals surface area contributed by atoms with Gasteiger partial charge in [0.2, 0.25) is 0 Å². The van der Waals surface area contributed by atoms with Crippen molar-refractivity contribution in [2.45, 2.75) is 33.2 Å². The molecule has 0 aromatic carbocycles. The minimum atomic E-state index is 0.445. The van der Waals surface area contributed by atoms with Crippen molar-refractivity contribution < 1.29 is 0 Å². The van der Waals surface area contributed by atoms with Crippen molar-refractivity contribution >= 4 is 6.21 Å². The van der Waals surface area contributed by atoms with Gasteiger partial charge in [0.15, 0.2) is 0 Å². The maximum absolute atomic E-state index is 4.35. The zero-order chi connectivity index (χ0) is 9.84. The van der Waals surface area contributed by atoms with E-state index in [9.17, 15) is 0 Å². The SMILES string of the molecule is CCc1ncn(C(C)C)c1/C=N\C. The Morgan fingerprint density at radius 1 is 1.62 bits per heavy atom. The van der Waals surface area contributed by atoms with Gasteiger partial charge in [-0.2, -0.15) is 0 Å². The summed E-state index contributed by atoms with van der Waals surface area (Å²) in [5.41, 5.74) is 2.26. The van der Waals surface area contributed by atoms with E-state index < -0.39 is 0 Å². The van der Waals surface area contributed by atoms with Gasteiger partial charge >= 0.3 is 0 Å². The third kappa shape index (κ3) is 1.97. The highest BCUT2D eigenvalue weighted by Gasteiger charge is 2.08. The predicted molar refractivity (Wildman–Crippen MR) is 55.5 cm³/mol. The smallest absolute Gasteiger partial charge is 0.0957 e. The van der Waals surface area contributed by atoms with Crippen LogP contribution in [0.5, 0.6) is 0 Å². The molecule has 0 saturated carbocycles. The quantitative estimate of drug-likeness (QED) is 0.653. The van der Waals surface area contributed by atoms with Gasteiger partial charge < -0.3 is 4.57 Å². The molecule has 1 heterocycles. The Morgan fingerprint density at radius 3 is 2.77 bits per heavy atom. The van der Waals surface area contributed by atoms with Crippen LogP contribution < -0.4 is 0 Å². The number of aromatic nitrogens is 2. The van der Waals surface area contributed by atoms with Gasteiger partial charge in [0.1, 0.15) is 0 Å². The van der Waals surface area contributed by atoms with E-state index in [0.29, 0.717) is 6.04 Å². The molecule has 0 bridgehead atoms. The van der Waals surface area contributed by atoms with Crippen LogP contribution in [0.3, 0.4) is 0 Å². The fourth-order valence-corrected chi connectivity index (χ4v) is 1.36. The number of rotatable bonds is 3. The van der Waals surface area contributed by atoms with E-state index in [2.05, 4.69) is 35.3 Å². The van der Waals surface area contributed by atoms with Gasteiger partial charge in [0, 0.05) is 19.3 Å². The summed E-state index contributed by atoms with van der Waals surface area (Å²) < 4.78 is 2.14. The molecular formula is C10H17N3. The molecule has 0 N–H and O–H groups in total. The van der Waals surface area contributed by atoms with E-state index in [1.54, 1.807) is 7.05 Å². The molecule has 13 heavy (non-hydrogen) atoms. The third-order valence-corrected chi connectivity index (χ3v) is 2.05. The first-order valence-corrected chi connectivity index (χ1v) is 4.68. The van der Waals surface area contributed by atoms with Crippen molar-refractivity contribution in [1.82, 2.24) is 9.55 Å². The molecule has 0 aliphatic carbocycles. The average molecular weight is 179 g/mol. The van der Waals surface area contributed by atoms with Gasteiger partial charge in [0.05, 0.1) is 17.7 Å². The van der Waals surface area contributed by atoms with E-state index in [4.69, 9.17) is 0 Å². The minimum absolute atomic E-state index is 0.445. The molecule has 72 valence electrons. The topological polar surface area (TPSA) is 30.2 Å². The molecule has 0 unspecified atom stereocenters. The largest absolute Gasteiger partial charge is 0.327 e. The van der Waals surface area contributed by atoms with E-state index in [-0.39, 0.29) is 0 Å². The monoisotopic (exact) mass is 179 g/mol. The third-order valence-electron chi connectivity index (χ3n) is 2.05. The number of aryl methyl sites for hydroxylation is 1. The normalized spacial score (nSPS) is 11.8. The van der Waals surface area contributed by atoms with Crippen molar-refractivity contribution in [1.29, 1.82) is 0 Å². The molecule has 3 nitrogen and oxygen atoms in total. The Morgan fingerprint density at radius 2 is 2.31 bits per heavy atom. The van der Waals surface area contributed by atoms with Crippen molar-refractivity contribution in [3.05, 3.63) is 17.7 Å². The summed E-state index contributed by atoms with van der Waals surface area (Å²) in [6.45, 7) is 6.40. The second kappa shape index (κ2) is 4.21. The standard InChI is InChI=1S/C10H17N3/c1-5-9-10(6-11-4)13(7-12-9)8(2)3/h6-8H,5H2,1-4H3/b11-6-. The first-order valence-electron chi connectivity index (χ1n) is 4.68. The van der Waals surface area contributed by atoms with Crippen molar-refractivity contribution in [3.63, 3.8) is 0 Å². The molecule has 0 aliphatic heterocycles. The van der Waals surface area contributed by atoms with Gasteiger partial charge in [-0.05, 0) is 20.3 Å². The predicted octanol–water partition coefficient (Wildman–Crippen LogP) is 2.08. The van der Waals surface area contributed by atoms with Crippen LogP contribution >= 0.6 is 0 Å². The fraction of sp³-hybridized carbons (Fsp3) is 0.600. The van der Waals surface area contributed by atoms with E-state index >= 15 is 0 Å². The lowest BCUT2D eigenvalue weighted by Crippen LogP contribution is -2.05. The number of nitrogens with zero attached hydrogens (tertiary/aromatic N) is 3. The first kappa shape index (κ1) is 9.96. The van der Waals surface area contributed by atoms with Crippen LogP contribution in [0.4, 0.5) is 0 Å². The maximum atomic E-state index is 4.35. The van der Waals surface area contributed by atoms with Gasteiger partial charge in [-0.15, -0.1) is 0 Å². The second-order valence-corrected chi connectivity index (χ2v) is 3.32. The Labute approximate surface area is 79.5 Å². The van der Waals surface area contributed by atoms with Crippen molar-refractivity contribution in [2.75, 3.05) is 7.05 Å². The highest BCUT2D eigenvalue weighted by Crippen LogP contribution is 2.12. The van der Waals surface area contributed by atoms with Crippen LogP contribution in [0.1, 0.15) is 38.2 Å². The molecule has 0 saturated heterocycles. The molecule has 0 atom stereocenters. The van der Waals surface area contributed by atoms with E-state index in [0.717, 1.165) is 17.8 Å². The zero-order valence-corrected chi connectivity index (χ0v) is 8.78. The number of hydrogen-bond acceptors (Lipinski definition) is 2. The summed E-state index contributed by atoms with van der Waals surface area (Å²) in [6.07, 6.45) is 4.73. The molecule has 0 radical (unpaired) electrons. The summed E-state index contributed by atoms with van der Waals surface area (Å²) in [6, 6.07) is 0.445. The molecule has 0 fully saturated rings. The van der Waals surface area contributed by atoms with E-state index in [1.807, 2.05) is 12.5 Å². The highest BCUT2D eigenvalue weighted by molar-refractivity contribution is 5.78. The Bertz CT molecular complexity index is 297. The van der Waals surface area contributed by atoms with Crippen LogP contribution in [0.2, 0.25) is 0 Å². The van der Waals surface area contributed by atoms with Gasteiger partial charge in [0.25, 0.3) is 0 Å². The van der Waals surface area contributed by atoms with Crippen LogP contribution in [0.15, 0.2) is 11.3 Å². The minimum Gasteiger partial charge on any atom is -0.327 e. The molecule has 1 aromatic rings. The van der Waals surface area contributed by atoms with Crippen molar-refractivity contribution in [2.24, 2.45) is 4.99 Å². The van der Waals surface area contributed by atoms with E-state index in [1.165, 1.54) is 0 Å². The summed E-state index contributed by atoms with van der Waals surface area (Å²) in [5, 5.41) is 0. The molecule has 0 aliphatic rings. The maximum Gasteiger partial charge on any atom is 0.0957 e. The lowest BCUT2D eigenvalue weighted by Gasteiger charge is -2.09. The van der Waals surface area contributed by atoms with Gasteiger partial charge in [-0.25, -0.2) is 4.98 Å². The number of aliphatic imine (C=N–C) groups is 1. The molecule has 0 spiro atoms. The Kier molecular flexibility index (Phi) is 3.23. The summed E-state index contributed by atoms with van der Waals surface area (Å²) in [4.78, 5) is 8.39. The van der Waals surface area contributed by atoms with Crippen LogP contribution in [0.25, 0.3) is 0 Å². The van der Waals surface area contributed by atoms with Crippen LogP contribution in [-0.4, -0.2) is 22.8 Å². The Hall–Kier alpha value is -1.12. The van der Waals surface area contributed by atoms with Crippen LogP contribution in [-0.2, 0) is 6.42 Å². The summed E-state index contributed by atoms with van der Waals surface area (Å²) in [5.74, 6) is 0. The van der Waals surface area contributed by atoms with Gasteiger partial charge in [-0.3, -0.25) is 4.99 Å². The highest BCUT2D eigenvalue weighted by atomic mass is 15.1. The molecule has 1 aromatic heterocycles. The lowest BCUT2D eigenvalue weighted by atomic mass is 10.2. The van der Waals surface area contributed by atoms with Gasteiger partial charge in [-0.1, -0.05) is 6.92 Å².